The Morgan fingerprint density at radius 2 is 1.76 bits per heavy atom. The Balaban J connectivity index is 2.60. The molecule has 0 aliphatic heterocycles. The molecule has 17 heavy (non-hydrogen) atoms. The monoisotopic (exact) mass is 227 g/mol. The molecular formula is C14H10FNO. The van der Waals surface area contributed by atoms with E-state index in [1.54, 1.807) is 6.07 Å². The molecule has 2 nitrogen and oxygen atoms in total. The van der Waals surface area contributed by atoms with E-state index in [0.29, 0.717) is 11.3 Å². The van der Waals surface area contributed by atoms with E-state index < -0.39 is 0 Å². The third-order valence-electron chi connectivity index (χ3n) is 2.84. The zero-order valence-electron chi connectivity index (χ0n) is 9.27. The van der Waals surface area contributed by atoms with E-state index in [0.717, 1.165) is 16.3 Å². The minimum absolute atomic E-state index is 0.308. The average molecular weight is 227 g/mol. The second kappa shape index (κ2) is 3.70. The molecule has 0 aliphatic rings. The number of ether oxygens (including phenoxy) is 1. The van der Waals surface area contributed by atoms with Gasteiger partial charge in [0, 0.05) is 5.39 Å². The SMILES string of the molecule is COc1nc2ccccc2c2cccc(F)c12. The van der Waals surface area contributed by atoms with Gasteiger partial charge < -0.3 is 4.74 Å². The summed E-state index contributed by atoms with van der Waals surface area (Å²) in [4.78, 5) is 4.32. The molecule has 0 radical (unpaired) electrons. The zero-order chi connectivity index (χ0) is 11.8. The normalized spacial score (nSPS) is 10.9. The molecule has 0 atom stereocenters. The maximum atomic E-state index is 13.8. The summed E-state index contributed by atoms with van der Waals surface area (Å²) in [5, 5.41) is 2.20. The van der Waals surface area contributed by atoms with Gasteiger partial charge in [0.1, 0.15) is 5.82 Å². The summed E-state index contributed by atoms with van der Waals surface area (Å²) in [5.41, 5.74) is 0.808. The molecule has 3 rings (SSSR count). The summed E-state index contributed by atoms with van der Waals surface area (Å²) >= 11 is 0. The number of methoxy groups -OCH3 is 1. The predicted octanol–water partition coefficient (Wildman–Crippen LogP) is 3.54. The lowest BCUT2D eigenvalue weighted by atomic mass is 10.1. The van der Waals surface area contributed by atoms with Crippen LogP contribution >= 0.6 is 0 Å². The summed E-state index contributed by atoms with van der Waals surface area (Å²) < 4.78 is 19.0. The van der Waals surface area contributed by atoms with Gasteiger partial charge in [-0.2, -0.15) is 0 Å². The van der Waals surface area contributed by atoms with Crippen molar-refractivity contribution in [3.63, 3.8) is 0 Å². The van der Waals surface area contributed by atoms with Crippen LogP contribution < -0.4 is 4.74 Å². The summed E-state index contributed by atoms with van der Waals surface area (Å²) in [6.07, 6.45) is 0. The fraction of sp³-hybridized carbons (Fsp3) is 0.0714. The Bertz CT molecular complexity index is 709. The van der Waals surface area contributed by atoms with Crippen LogP contribution in [0.2, 0.25) is 0 Å². The first-order valence-corrected chi connectivity index (χ1v) is 5.32. The van der Waals surface area contributed by atoms with E-state index in [2.05, 4.69) is 4.98 Å². The molecule has 3 aromatic rings. The van der Waals surface area contributed by atoms with Gasteiger partial charge in [0.05, 0.1) is 18.0 Å². The second-order valence-electron chi connectivity index (χ2n) is 3.80. The van der Waals surface area contributed by atoms with Gasteiger partial charge >= 0.3 is 0 Å². The highest BCUT2D eigenvalue weighted by molar-refractivity contribution is 6.07. The number of hydrogen-bond acceptors (Lipinski definition) is 2. The molecule has 0 aliphatic carbocycles. The second-order valence-corrected chi connectivity index (χ2v) is 3.80. The summed E-state index contributed by atoms with van der Waals surface area (Å²) in [7, 11) is 1.50. The van der Waals surface area contributed by atoms with Crippen LogP contribution in [0.15, 0.2) is 42.5 Å². The number of halogens is 1. The Labute approximate surface area is 97.7 Å². The first kappa shape index (κ1) is 10.0. The number of fused-ring (bicyclic) bond motifs is 3. The minimum atomic E-state index is -0.308. The molecule has 0 spiro atoms. The van der Waals surface area contributed by atoms with Gasteiger partial charge in [-0.3, -0.25) is 0 Å². The molecule has 1 heterocycles. The standard InChI is InChI=1S/C14H10FNO/c1-17-14-13-10(6-4-7-11(13)15)9-5-2-3-8-12(9)16-14/h2-8H,1H3. The number of para-hydroxylation sites is 1. The number of rotatable bonds is 1. The van der Waals surface area contributed by atoms with Crippen LogP contribution in [0, 0.1) is 5.82 Å². The van der Waals surface area contributed by atoms with Crippen molar-refractivity contribution >= 4 is 21.7 Å². The lowest BCUT2D eigenvalue weighted by Gasteiger charge is -2.08. The molecular weight excluding hydrogens is 217 g/mol. The lowest BCUT2D eigenvalue weighted by Crippen LogP contribution is -1.93. The van der Waals surface area contributed by atoms with Gasteiger partial charge in [0.2, 0.25) is 5.88 Å². The van der Waals surface area contributed by atoms with E-state index in [9.17, 15) is 4.39 Å². The van der Waals surface area contributed by atoms with Crippen LogP contribution in [0.1, 0.15) is 0 Å². The Hall–Kier alpha value is -2.16. The van der Waals surface area contributed by atoms with Crippen molar-refractivity contribution in [2.24, 2.45) is 0 Å². The van der Waals surface area contributed by atoms with Gasteiger partial charge in [-0.1, -0.05) is 30.3 Å². The maximum Gasteiger partial charge on any atom is 0.224 e. The smallest absolute Gasteiger partial charge is 0.224 e. The van der Waals surface area contributed by atoms with Crippen molar-refractivity contribution in [1.82, 2.24) is 4.98 Å². The molecule has 0 unspecified atom stereocenters. The fourth-order valence-electron chi connectivity index (χ4n) is 2.08. The van der Waals surface area contributed by atoms with Crippen molar-refractivity contribution in [3.8, 4) is 5.88 Å². The topological polar surface area (TPSA) is 22.1 Å². The van der Waals surface area contributed by atoms with E-state index in [1.165, 1.54) is 13.2 Å². The third-order valence-corrected chi connectivity index (χ3v) is 2.84. The van der Waals surface area contributed by atoms with Crippen molar-refractivity contribution in [1.29, 1.82) is 0 Å². The first-order chi connectivity index (χ1) is 8.31. The van der Waals surface area contributed by atoms with Crippen LogP contribution in [0.3, 0.4) is 0 Å². The highest BCUT2D eigenvalue weighted by Crippen LogP contribution is 2.32. The van der Waals surface area contributed by atoms with Gasteiger partial charge in [-0.15, -0.1) is 0 Å². The number of hydrogen-bond donors (Lipinski definition) is 0. The largest absolute Gasteiger partial charge is 0.480 e. The van der Waals surface area contributed by atoms with Crippen molar-refractivity contribution in [2.75, 3.05) is 7.11 Å². The summed E-state index contributed by atoms with van der Waals surface area (Å²) in [5.74, 6) is 0.0226. The van der Waals surface area contributed by atoms with Crippen molar-refractivity contribution < 1.29 is 9.13 Å². The van der Waals surface area contributed by atoms with E-state index in [-0.39, 0.29) is 5.82 Å². The van der Waals surface area contributed by atoms with Gasteiger partial charge in [-0.25, -0.2) is 9.37 Å². The molecule has 3 heteroatoms. The number of nitrogens with zero attached hydrogens (tertiary/aromatic N) is 1. The molecule has 0 bridgehead atoms. The van der Waals surface area contributed by atoms with Crippen LogP contribution in [-0.2, 0) is 0 Å². The molecule has 0 amide bonds. The molecule has 0 N–H and O–H groups in total. The average Bonchev–Trinajstić information content (AvgIpc) is 2.38. The molecule has 0 fully saturated rings. The molecule has 1 aromatic heterocycles. The Kier molecular flexibility index (Phi) is 2.18. The third kappa shape index (κ3) is 1.43. The van der Waals surface area contributed by atoms with Gasteiger partial charge in [0.15, 0.2) is 0 Å². The number of pyridine rings is 1. The van der Waals surface area contributed by atoms with Crippen LogP contribution in [0.25, 0.3) is 21.7 Å². The van der Waals surface area contributed by atoms with Crippen LogP contribution in [-0.4, -0.2) is 12.1 Å². The fourth-order valence-corrected chi connectivity index (χ4v) is 2.08. The quantitative estimate of drug-likeness (QED) is 0.593. The number of aromatic nitrogens is 1. The highest BCUT2D eigenvalue weighted by atomic mass is 19.1. The summed E-state index contributed by atoms with van der Waals surface area (Å²) in [6.45, 7) is 0. The number of benzene rings is 2. The predicted molar refractivity (Wildman–Crippen MR) is 65.8 cm³/mol. The van der Waals surface area contributed by atoms with Crippen molar-refractivity contribution in [3.05, 3.63) is 48.3 Å². The first-order valence-electron chi connectivity index (χ1n) is 5.32. The molecule has 84 valence electrons. The Morgan fingerprint density at radius 1 is 1.00 bits per heavy atom. The van der Waals surface area contributed by atoms with E-state index in [1.807, 2.05) is 30.3 Å². The molecule has 2 aromatic carbocycles. The van der Waals surface area contributed by atoms with Gasteiger partial charge in [-0.05, 0) is 17.5 Å². The van der Waals surface area contributed by atoms with Gasteiger partial charge in [0.25, 0.3) is 0 Å². The highest BCUT2D eigenvalue weighted by Gasteiger charge is 2.11. The van der Waals surface area contributed by atoms with Crippen molar-refractivity contribution in [2.45, 2.75) is 0 Å². The van der Waals surface area contributed by atoms with Crippen LogP contribution in [0.4, 0.5) is 4.39 Å². The molecule has 0 saturated carbocycles. The maximum absolute atomic E-state index is 13.8. The lowest BCUT2D eigenvalue weighted by molar-refractivity contribution is 0.403. The van der Waals surface area contributed by atoms with E-state index >= 15 is 0 Å². The molecule has 0 saturated heterocycles. The minimum Gasteiger partial charge on any atom is -0.480 e. The van der Waals surface area contributed by atoms with Crippen LogP contribution in [0.5, 0.6) is 5.88 Å². The zero-order valence-corrected chi connectivity index (χ0v) is 9.27. The van der Waals surface area contributed by atoms with E-state index in [4.69, 9.17) is 4.74 Å². The Morgan fingerprint density at radius 3 is 2.59 bits per heavy atom. The summed E-state index contributed by atoms with van der Waals surface area (Å²) in [6, 6.07) is 12.6.